The Morgan fingerprint density at radius 1 is 1.41 bits per heavy atom. The van der Waals surface area contributed by atoms with Crippen LogP contribution in [0, 0.1) is 5.82 Å². The SMILES string of the molecule is CCN1CCC(O)(c2ccc(F)c(Cl)c2)CC1. The number of hydrogen-bond acceptors (Lipinski definition) is 2. The molecular formula is C13H17ClFNO. The first-order valence-electron chi connectivity index (χ1n) is 5.95. The lowest BCUT2D eigenvalue weighted by molar-refractivity contribution is -0.0247. The van der Waals surface area contributed by atoms with E-state index in [0.29, 0.717) is 12.8 Å². The summed E-state index contributed by atoms with van der Waals surface area (Å²) in [5.74, 6) is -0.440. The smallest absolute Gasteiger partial charge is 0.141 e. The Kier molecular flexibility index (Phi) is 3.71. The van der Waals surface area contributed by atoms with Crippen molar-refractivity contribution in [3.63, 3.8) is 0 Å². The maximum Gasteiger partial charge on any atom is 0.141 e. The zero-order valence-electron chi connectivity index (χ0n) is 9.92. The predicted molar refractivity (Wildman–Crippen MR) is 66.7 cm³/mol. The van der Waals surface area contributed by atoms with Gasteiger partial charge < -0.3 is 10.0 Å². The van der Waals surface area contributed by atoms with Gasteiger partial charge in [0.25, 0.3) is 0 Å². The number of hydrogen-bond donors (Lipinski definition) is 1. The van der Waals surface area contributed by atoms with E-state index in [1.165, 1.54) is 6.07 Å². The van der Waals surface area contributed by atoms with Crippen LogP contribution < -0.4 is 0 Å². The average Bonchev–Trinajstić information content (AvgIpc) is 2.33. The van der Waals surface area contributed by atoms with Gasteiger partial charge in [-0.2, -0.15) is 0 Å². The van der Waals surface area contributed by atoms with E-state index < -0.39 is 11.4 Å². The van der Waals surface area contributed by atoms with Crippen molar-refractivity contribution >= 4 is 11.6 Å². The van der Waals surface area contributed by atoms with Crippen LogP contribution in [0.5, 0.6) is 0 Å². The summed E-state index contributed by atoms with van der Waals surface area (Å²) in [6, 6.07) is 4.49. The largest absolute Gasteiger partial charge is 0.385 e. The van der Waals surface area contributed by atoms with Crippen molar-refractivity contribution < 1.29 is 9.50 Å². The monoisotopic (exact) mass is 257 g/mol. The minimum atomic E-state index is -0.858. The standard InChI is InChI=1S/C13H17ClFNO/c1-2-16-7-5-13(17,6-8-16)10-3-4-12(15)11(14)9-10/h3-4,9,17H,2,5-8H2,1H3. The Bertz CT molecular complexity index is 402. The van der Waals surface area contributed by atoms with Crippen molar-refractivity contribution in [1.29, 1.82) is 0 Å². The van der Waals surface area contributed by atoms with Crippen LogP contribution in [-0.4, -0.2) is 29.6 Å². The van der Waals surface area contributed by atoms with Crippen molar-refractivity contribution in [3.05, 3.63) is 34.6 Å². The summed E-state index contributed by atoms with van der Waals surface area (Å²) in [4.78, 5) is 2.29. The van der Waals surface area contributed by atoms with E-state index in [2.05, 4.69) is 11.8 Å². The van der Waals surface area contributed by atoms with E-state index in [1.54, 1.807) is 12.1 Å². The van der Waals surface area contributed by atoms with Gasteiger partial charge in [-0.3, -0.25) is 0 Å². The van der Waals surface area contributed by atoms with Crippen LogP contribution in [0.1, 0.15) is 25.3 Å². The second kappa shape index (κ2) is 4.92. The third kappa shape index (κ3) is 2.62. The van der Waals surface area contributed by atoms with Gasteiger partial charge in [0, 0.05) is 13.1 Å². The number of piperidine rings is 1. The molecule has 2 nitrogen and oxygen atoms in total. The fourth-order valence-electron chi connectivity index (χ4n) is 2.31. The Hall–Kier alpha value is -0.640. The van der Waals surface area contributed by atoms with Crippen molar-refractivity contribution in [3.8, 4) is 0 Å². The molecular weight excluding hydrogens is 241 g/mol. The third-order valence-electron chi connectivity index (χ3n) is 3.59. The quantitative estimate of drug-likeness (QED) is 0.881. The van der Waals surface area contributed by atoms with E-state index >= 15 is 0 Å². The zero-order chi connectivity index (χ0) is 12.5. The molecule has 1 aliphatic heterocycles. The number of nitrogens with zero attached hydrogens (tertiary/aromatic N) is 1. The maximum absolute atomic E-state index is 13.1. The van der Waals surface area contributed by atoms with Crippen LogP contribution in [0.15, 0.2) is 18.2 Å². The van der Waals surface area contributed by atoms with Crippen molar-refractivity contribution in [2.24, 2.45) is 0 Å². The van der Waals surface area contributed by atoms with Gasteiger partial charge in [0.15, 0.2) is 0 Å². The molecule has 1 aromatic carbocycles. The molecule has 0 spiro atoms. The Morgan fingerprint density at radius 2 is 2.06 bits per heavy atom. The zero-order valence-corrected chi connectivity index (χ0v) is 10.7. The first-order chi connectivity index (χ1) is 8.05. The number of likely N-dealkylation sites (tertiary alicyclic amines) is 1. The normalized spacial score (nSPS) is 20.5. The van der Waals surface area contributed by atoms with Crippen LogP contribution in [0.25, 0.3) is 0 Å². The molecule has 1 N–H and O–H groups in total. The summed E-state index contributed by atoms with van der Waals surface area (Å²) in [5, 5.41) is 10.6. The van der Waals surface area contributed by atoms with Crippen molar-refractivity contribution in [2.75, 3.05) is 19.6 Å². The highest BCUT2D eigenvalue weighted by Crippen LogP contribution is 2.34. The summed E-state index contributed by atoms with van der Waals surface area (Å²) in [6.45, 7) is 4.84. The van der Waals surface area contributed by atoms with Gasteiger partial charge in [0.05, 0.1) is 10.6 Å². The molecule has 17 heavy (non-hydrogen) atoms. The second-order valence-corrected chi connectivity index (χ2v) is 5.00. The molecule has 0 saturated carbocycles. The summed E-state index contributed by atoms with van der Waals surface area (Å²) in [5.41, 5.74) is -0.136. The molecule has 0 bridgehead atoms. The Balaban J connectivity index is 2.18. The molecule has 2 rings (SSSR count). The van der Waals surface area contributed by atoms with Crippen LogP contribution in [0.2, 0.25) is 5.02 Å². The minimum Gasteiger partial charge on any atom is -0.385 e. The van der Waals surface area contributed by atoms with Crippen LogP contribution >= 0.6 is 11.6 Å². The third-order valence-corrected chi connectivity index (χ3v) is 3.88. The molecule has 0 amide bonds. The van der Waals surface area contributed by atoms with Crippen LogP contribution in [-0.2, 0) is 5.60 Å². The van der Waals surface area contributed by atoms with Gasteiger partial charge in [-0.1, -0.05) is 24.6 Å². The highest BCUT2D eigenvalue weighted by Gasteiger charge is 2.33. The summed E-state index contributed by atoms with van der Waals surface area (Å²) >= 11 is 5.75. The molecule has 4 heteroatoms. The molecule has 1 heterocycles. The van der Waals surface area contributed by atoms with Crippen molar-refractivity contribution in [2.45, 2.75) is 25.4 Å². The number of aliphatic hydroxyl groups is 1. The van der Waals surface area contributed by atoms with Crippen LogP contribution in [0.4, 0.5) is 4.39 Å². The van der Waals surface area contributed by atoms with E-state index in [4.69, 9.17) is 11.6 Å². The number of halogens is 2. The van der Waals surface area contributed by atoms with Gasteiger partial charge in [-0.15, -0.1) is 0 Å². The number of rotatable bonds is 2. The van der Waals surface area contributed by atoms with E-state index in [9.17, 15) is 9.50 Å². The highest BCUT2D eigenvalue weighted by atomic mass is 35.5. The molecule has 1 saturated heterocycles. The molecule has 1 fully saturated rings. The van der Waals surface area contributed by atoms with Gasteiger partial charge in [0.2, 0.25) is 0 Å². The number of benzene rings is 1. The molecule has 0 aromatic heterocycles. The molecule has 1 aliphatic rings. The van der Waals surface area contributed by atoms with E-state index in [0.717, 1.165) is 25.2 Å². The van der Waals surface area contributed by atoms with Gasteiger partial charge >= 0.3 is 0 Å². The molecule has 1 aromatic rings. The lowest BCUT2D eigenvalue weighted by Crippen LogP contribution is -2.42. The molecule has 0 unspecified atom stereocenters. The lowest BCUT2D eigenvalue weighted by Gasteiger charge is -2.38. The Morgan fingerprint density at radius 3 is 2.59 bits per heavy atom. The summed E-state index contributed by atoms with van der Waals surface area (Å²) in [6.07, 6.45) is 1.34. The van der Waals surface area contributed by atoms with Gasteiger partial charge in [0.1, 0.15) is 5.82 Å². The first-order valence-corrected chi connectivity index (χ1v) is 6.33. The predicted octanol–water partition coefficient (Wildman–Crippen LogP) is 2.78. The van der Waals surface area contributed by atoms with Gasteiger partial charge in [-0.25, -0.2) is 4.39 Å². The van der Waals surface area contributed by atoms with Crippen molar-refractivity contribution in [1.82, 2.24) is 4.90 Å². The van der Waals surface area contributed by atoms with Crippen LogP contribution in [0.3, 0.4) is 0 Å². The fourth-order valence-corrected chi connectivity index (χ4v) is 2.49. The minimum absolute atomic E-state index is 0.0776. The summed E-state index contributed by atoms with van der Waals surface area (Å²) < 4.78 is 13.1. The highest BCUT2D eigenvalue weighted by molar-refractivity contribution is 6.30. The molecule has 94 valence electrons. The van der Waals surface area contributed by atoms with E-state index in [-0.39, 0.29) is 5.02 Å². The second-order valence-electron chi connectivity index (χ2n) is 4.59. The first kappa shape index (κ1) is 12.8. The van der Waals surface area contributed by atoms with Gasteiger partial charge in [-0.05, 0) is 37.1 Å². The average molecular weight is 258 g/mol. The topological polar surface area (TPSA) is 23.5 Å². The molecule has 0 aliphatic carbocycles. The molecule has 0 atom stereocenters. The molecule has 0 radical (unpaired) electrons. The maximum atomic E-state index is 13.1. The summed E-state index contributed by atoms with van der Waals surface area (Å²) in [7, 11) is 0. The van der Waals surface area contributed by atoms with E-state index in [1.807, 2.05) is 0 Å². The fraction of sp³-hybridized carbons (Fsp3) is 0.538. The Labute approximate surface area is 106 Å². The lowest BCUT2D eigenvalue weighted by atomic mass is 9.84.